The van der Waals surface area contributed by atoms with Crippen molar-refractivity contribution in [1.29, 1.82) is 0 Å². The molecule has 1 unspecified atom stereocenters. The summed E-state index contributed by atoms with van der Waals surface area (Å²) in [7, 11) is 0. The van der Waals surface area contributed by atoms with Crippen LogP contribution in [-0.4, -0.2) is 29.6 Å². The van der Waals surface area contributed by atoms with E-state index in [1.807, 2.05) is 68.4 Å². The molecule has 0 aliphatic heterocycles. The van der Waals surface area contributed by atoms with E-state index >= 15 is 0 Å². The van der Waals surface area contributed by atoms with Crippen molar-refractivity contribution in [2.24, 2.45) is 5.92 Å². The van der Waals surface area contributed by atoms with Gasteiger partial charge in [-0.3, -0.25) is 9.59 Å². The molecular weight excluding hydrogens is 330 g/mol. The number of carbonyl (C=O) groups excluding carboxylic acids is 1. The topological polar surface area (TPSA) is 75.6 Å². The Bertz CT molecular complexity index is 728. The average molecular weight is 355 g/mol. The smallest absolute Gasteiger partial charge is 0.308 e. The van der Waals surface area contributed by atoms with Crippen LogP contribution in [0.25, 0.3) is 0 Å². The summed E-state index contributed by atoms with van der Waals surface area (Å²) in [5, 5.41) is 12.1. The highest BCUT2D eigenvalue weighted by atomic mass is 16.5. The molecule has 0 fully saturated rings. The van der Waals surface area contributed by atoms with Crippen LogP contribution in [0.15, 0.2) is 54.6 Å². The van der Waals surface area contributed by atoms with Crippen molar-refractivity contribution in [3.05, 3.63) is 65.7 Å². The van der Waals surface area contributed by atoms with E-state index in [1.165, 1.54) is 0 Å². The molecule has 0 radical (unpaired) electrons. The Morgan fingerprint density at radius 1 is 1.04 bits per heavy atom. The number of nitrogens with one attached hydrogen (secondary N) is 1. The van der Waals surface area contributed by atoms with Gasteiger partial charge in [-0.15, -0.1) is 0 Å². The summed E-state index contributed by atoms with van der Waals surface area (Å²) in [4.78, 5) is 23.7. The minimum Gasteiger partial charge on any atom is -0.491 e. The maximum atomic E-state index is 12.3. The van der Waals surface area contributed by atoms with Gasteiger partial charge in [0.15, 0.2) is 0 Å². The maximum absolute atomic E-state index is 12.3. The van der Waals surface area contributed by atoms with Gasteiger partial charge in [0.2, 0.25) is 5.91 Å². The zero-order chi connectivity index (χ0) is 18.9. The highest BCUT2D eigenvalue weighted by Gasteiger charge is 2.19. The molecule has 0 bridgehead atoms. The molecule has 2 aromatic rings. The van der Waals surface area contributed by atoms with Crippen molar-refractivity contribution < 1.29 is 19.4 Å². The maximum Gasteiger partial charge on any atom is 0.308 e. The number of para-hydroxylation sites is 1. The first-order valence-corrected chi connectivity index (χ1v) is 8.73. The summed E-state index contributed by atoms with van der Waals surface area (Å²) in [6.45, 7) is 3.95. The van der Waals surface area contributed by atoms with Gasteiger partial charge in [0.25, 0.3) is 0 Å². The third-order valence-electron chi connectivity index (χ3n) is 3.91. The van der Waals surface area contributed by atoms with Gasteiger partial charge < -0.3 is 15.2 Å². The van der Waals surface area contributed by atoms with Crippen LogP contribution in [0.2, 0.25) is 0 Å². The van der Waals surface area contributed by atoms with Crippen molar-refractivity contribution in [2.75, 3.05) is 6.54 Å². The Kier molecular flexibility index (Phi) is 7.21. The minimum absolute atomic E-state index is 0.0153. The van der Waals surface area contributed by atoms with E-state index in [2.05, 4.69) is 5.32 Å². The Morgan fingerprint density at radius 3 is 2.35 bits per heavy atom. The highest BCUT2D eigenvalue weighted by molar-refractivity contribution is 5.80. The van der Waals surface area contributed by atoms with Gasteiger partial charge in [-0.05, 0) is 31.9 Å². The molecule has 1 atom stereocenters. The quantitative estimate of drug-likeness (QED) is 0.725. The van der Waals surface area contributed by atoms with Crippen LogP contribution in [0.5, 0.6) is 5.75 Å². The lowest BCUT2D eigenvalue weighted by molar-refractivity contribution is -0.141. The van der Waals surface area contributed by atoms with E-state index in [0.717, 1.165) is 11.1 Å². The molecule has 2 rings (SSSR count). The molecule has 0 aromatic heterocycles. The number of amides is 1. The molecule has 0 aliphatic carbocycles. The molecule has 0 heterocycles. The van der Waals surface area contributed by atoms with Crippen LogP contribution in [0.4, 0.5) is 0 Å². The Hall–Kier alpha value is -2.82. The van der Waals surface area contributed by atoms with Crippen molar-refractivity contribution in [3.8, 4) is 5.75 Å². The number of hydrogen-bond acceptors (Lipinski definition) is 3. The first-order valence-electron chi connectivity index (χ1n) is 8.73. The lowest BCUT2D eigenvalue weighted by atomic mass is 9.99. The fourth-order valence-electron chi connectivity index (χ4n) is 2.64. The predicted molar refractivity (Wildman–Crippen MR) is 100 cm³/mol. The molecular formula is C21H25NO4. The lowest BCUT2D eigenvalue weighted by Gasteiger charge is -2.16. The number of benzene rings is 2. The van der Waals surface area contributed by atoms with E-state index in [4.69, 9.17) is 4.74 Å². The van der Waals surface area contributed by atoms with E-state index in [1.54, 1.807) is 0 Å². The van der Waals surface area contributed by atoms with Gasteiger partial charge >= 0.3 is 5.97 Å². The van der Waals surface area contributed by atoms with E-state index in [0.29, 0.717) is 12.2 Å². The van der Waals surface area contributed by atoms with Gasteiger partial charge in [0.05, 0.1) is 18.4 Å². The first kappa shape index (κ1) is 19.5. The molecule has 138 valence electrons. The molecule has 2 aromatic carbocycles. The SMILES string of the molecule is CC(C)Oc1ccccc1CC(=O)NCC(Cc1ccccc1)C(=O)O. The molecule has 0 saturated heterocycles. The second-order valence-electron chi connectivity index (χ2n) is 6.48. The first-order chi connectivity index (χ1) is 12.5. The number of hydrogen-bond donors (Lipinski definition) is 2. The summed E-state index contributed by atoms with van der Waals surface area (Å²) in [5.74, 6) is -1.12. The Labute approximate surface area is 154 Å². The number of carboxylic acid groups (broad SMARTS) is 1. The third-order valence-corrected chi connectivity index (χ3v) is 3.91. The molecule has 26 heavy (non-hydrogen) atoms. The van der Waals surface area contributed by atoms with Gasteiger partial charge in [-0.1, -0.05) is 48.5 Å². The van der Waals surface area contributed by atoms with Crippen molar-refractivity contribution in [1.82, 2.24) is 5.32 Å². The van der Waals surface area contributed by atoms with Crippen LogP contribution in [0.1, 0.15) is 25.0 Å². The predicted octanol–water partition coefficient (Wildman–Crippen LogP) is 3.08. The standard InChI is InChI=1S/C21H25NO4/c1-15(2)26-19-11-7-6-10-17(19)13-20(23)22-14-18(21(24)25)12-16-8-4-3-5-9-16/h3-11,15,18H,12-14H2,1-2H3,(H,22,23)(H,24,25). The summed E-state index contributed by atoms with van der Waals surface area (Å²) < 4.78 is 5.71. The second kappa shape index (κ2) is 9.61. The van der Waals surface area contributed by atoms with Gasteiger partial charge in [-0.25, -0.2) is 0 Å². The van der Waals surface area contributed by atoms with Crippen LogP contribution in [0, 0.1) is 5.92 Å². The number of rotatable bonds is 9. The van der Waals surface area contributed by atoms with Crippen LogP contribution < -0.4 is 10.1 Å². The summed E-state index contributed by atoms with van der Waals surface area (Å²) >= 11 is 0. The monoisotopic (exact) mass is 355 g/mol. The molecule has 1 amide bonds. The number of carboxylic acids is 1. The van der Waals surface area contributed by atoms with Crippen molar-refractivity contribution in [2.45, 2.75) is 32.8 Å². The minimum atomic E-state index is -0.919. The largest absolute Gasteiger partial charge is 0.491 e. The van der Waals surface area contributed by atoms with Crippen LogP contribution in [-0.2, 0) is 22.4 Å². The molecule has 0 aliphatic rings. The zero-order valence-electron chi connectivity index (χ0n) is 15.1. The van der Waals surface area contributed by atoms with Crippen LogP contribution >= 0.6 is 0 Å². The lowest BCUT2D eigenvalue weighted by Crippen LogP contribution is -2.35. The molecule has 2 N–H and O–H groups in total. The van der Waals surface area contributed by atoms with E-state index in [-0.39, 0.29) is 25.0 Å². The normalized spacial score (nSPS) is 11.8. The Morgan fingerprint density at radius 2 is 1.69 bits per heavy atom. The highest BCUT2D eigenvalue weighted by Crippen LogP contribution is 2.20. The van der Waals surface area contributed by atoms with Crippen LogP contribution in [0.3, 0.4) is 0 Å². The van der Waals surface area contributed by atoms with Gasteiger partial charge in [-0.2, -0.15) is 0 Å². The van der Waals surface area contributed by atoms with Gasteiger partial charge in [0, 0.05) is 12.1 Å². The fraction of sp³-hybridized carbons (Fsp3) is 0.333. The second-order valence-corrected chi connectivity index (χ2v) is 6.48. The van der Waals surface area contributed by atoms with Crippen molar-refractivity contribution in [3.63, 3.8) is 0 Å². The zero-order valence-corrected chi connectivity index (χ0v) is 15.1. The fourth-order valence-corrected chi connectivity index (χ4v) is 2.64. The number of ether oxygens (including phenoxy) is 1. The number of carbonyl (C=O) groups is 2. The molecule has 0 saturated carbocycles. The molecule has 5 nitrogen and oxygen atoms in total. The van der Waals surface area contributed by atoms with E-state index < -0.39 is 11.9 Å². The summed E-state index contributed by atoms with van der Waals surface area (Å²) in [6, 6.07) is 16.8. The van der Waals surface area contributed by atoms with Crippen molar-refractivity contribution >= 4 is 11.9 Å². The average Bonchev–Trinajstić information content (AvgIpc) is 2.60. The van der Waals surface area contributed by atoms with E-state index in [9.17, 15) is 14.7 Å². The third kappa shape index (κ3) is 6.24. The summed E-state index contributed by atoms with van der Waals surface area (Å²) in [6.07, 6.45) is 0.547. The molecule has 5 heteroatoms. The Balaban J connectivity index is 1.93. The molecule has 0 spiro atoms. The summed E-state index contributed by atoms with van der Waals surface area (Å²) in [5.41, 5.74) is 1.72. The van der Waals surface area contributed by atoms with Gasteiger partial charge in [0.1, 0.15) is 5.75 Å². The number of aliphatic carboxylic acids is 1.